The van der Waals surface area contributed by atoms with E-state index in [0.29, 0.717) is 22.9 Å². The maximum Gasteiger partial charge on any atom is 0.290 e. The highest BCUT2D eigenvalue weighted by atomic mass is 35.5. The predicted molar refractivity (Wildman–Crippen MR) is 96.5 cm³/mol. The van der Waals surface area contributed by atoms with E-state index in [2.05, 4.69) is 21.5 Å². The SMILES string of the molecule is C=Cc1nc2c(s1)[C@@H](C)N(C(=O)c1nc3c(Cl)cccc3[nH]1)CC2. The smallest absolute Gasteiger partial charge is 0.290 e. The number of thiazole rings is 1. The summed E-state index contributed by atoms with van der Waals surface area (Å²) in [5.41, 5.74) is 2.46. The summed E-state index contributed by atoms with van der Waals surface area (Å²) in [6.45, 7) is 6.42. The molecule has 1 amide bonds. The normalized spacial score (nSPS) is 17.1. The molecule has 1 atom stereocenters. The lowest BCUT2D eigenvalue weighted by Gasteiger charge is -2.32. The summed E-state index contributed by atoms with van der Waals surface area (Å²) < 4.78 is 0. The molecule has 24 heavy (non-hydrogen) atoms. The van der Waals surface area contributed by atoms with Gasteiger partial charge in [0.15, 0.2) is 5.82 Å². The Balaban J connectivity index is 1.68. The zero-order valence-corrected chi connectivity index (χ0v) is 14.6. The average Bonchev–Trinajstić information content (AvgIpc) is 3.19. The van der Waals surface area contributed by atoms with E-state index in [4.69, 9.17) is 11.6 Å². The molecule has 122 valence electrons. The molecule has 3 aromatic rings. The van der Waals surface area contributed by atoms with Crippen molar-refractivity contribution in [2.24, 2.45) is 0 Å². The lowest BCUT2D eigenvalue weighted by atomic mass is 10.1. The van der Waals surface area contributed by atoms with Crippen LogP contribution in [0.5, 0.6) is 0 Å². The van der Waals surface area contributed by atoms with Crippen molar-refractivity contribution in [3.8, 4) is 0 Å². The fourth-order valence-corrected chi connectivity index (χ4v) is 4.29. The third-order valence-electron chi connectivity index (χ3n) is 4.28. The first kappa shape index (κ1) is 15.4. The van der Waals surface area contributed by atoms with Gasteiger partial charge in [0.05, 0.1) is 27.2 Å². The topological polar surface area (TPSA) is 61.9 Å². The monoisotopic (exact) mass is 358 g/mol. The summed E-state index contributed by atoms with van der Waals surface area (Å²) in [7, 11) is 0. The number of rotatable bonds is 2. The number of nitrogens with one attached hydrogen (secondary N) is 1. The van der Waals surface area contributed by atoms with Gasteiger partial charge in [-0.25, -0.2) is 9.97 Å². The molecule has 1 N–H and O–H groups in total. The van der Waals surface area contributed by atoms with Crippen molar-refractivity contribution in [3.63, 3.8) is 0 Å². The number of hydrogen-bond donors (Lipinski definition) is 1. The van der Waals surface area contributed by atoms with Crippen LogP contribution >= 0.6 is 22.9 Å². The van der Waals surface area contributed by atoms with Crippen molar-refractivity contribution < 1.29 is 4.79 Å². The standard InChI is InChI=1S/C17H15ClN4OS/c1-3-13-19-12-7-8-22(9(2)15(12)24-13)17(23)16-20-11-6-4-5-10(18)14(11)21-16/h3-6,9H,1,7-8H2,2H3,(H,20,21)/t9-/m1/s1. The van der Waals surface area contributed by atoms with Crippen molar-refractivity contribution >= 4 is 46.0 Å². The second kappa shape index (κ2) is 5.72. The number of H-pyrrole nitrogens is 1. The van der Waals surface area contributed by atoms with E-state index in [1.165, 1.54) is 0 Å². The fraction of sp³-hybridized carbons (Fsp3) is 0.235. The van der Waals surface area contributed by atoms with Gasteiger partial charge in [-0.1, -0.05) is 24.2 Å². The highest BCUT2D eigenvalue weighted by Gasteiger charge is 2.32. The van der Waals surface area contributed by atoms with Gasteiger partial charge in [-0.15, -0.1) is 11.3 Å². The number of hydrogen-bond acceptors (Lipinski definition) is 4. The molecule has 0 saturated heterocycles. The van der Waals surface area contributed by atoms with Crippen molar-refractivity contribution in [1.82, 2.24) is 19.9 Å². The molecule has 0 aliphatic carbocycles. The molecule has 0 saturated carbocycles. The number of aromatic nitrogens is 3. The van der Waals surface area contributed by atoms with E-state index in [-0.39, 0.29) is 11.9 Å². The summed E-state index contributed by atoms with van der Waals surface area (Å²) in [4.78, 5) is 27.9. The number of amides is 1. The molecule has 1 aliphatic rings. The van der Waals surface area contributed by atoms with Gasteiger partial charge in [-0.2, -0.15) is 0 Å². The number of halogens is 1. The largest absolute Gasteiger partial charge is 0.334 e. The van der Waals surface area contributed by atoms with Crippen molar-refractivity contribution in [1.29, 1.82) is 0 Å². The summed E-state index contributed by atoms with van der Waals surface area (Å²) in [5.74, 6) is 0.204. The number of carbonyl (C=O) groups excluding carboxylic acids is 1. The number of aromatic amines is 1. The molecule has 5 nitrogen and oxygen atoms in total. The van der Waals surface area contributed by atoms with Crippen molar-refractivity contribution in [3.05, 3.63) is 51.2 Å². The molecule has 7 heteroatoms. The second-order valence-electron chi connectivity index (χ2n) is 5.71. The number of nitrogens with zero attached hydrogens (tertiary/aromatic N) is 3. The number of imidazole rings is 1. The Morgan fingerprint density at radius 3 is 3.08 bits per heavy atom. The molecule has 0 spiro atoms. The molecule has 2 aromatic heterocycles. The van der Waals surface area contributed by atoms with Crippen molar-refractivity contribution in [2.75, 3.05) is 6.54 Å². The molecule has 1 aromatic carbocycles. The van der Waals surface area contributed by atoms with Crippen LogP contribution in [0.1, 0.15) is 39.2 Å². The Kier molecular flexibility index (Phi) is 3.66. The third kappa shape index (κ3) is 2.34. The van der Waals surface area contributed by atoms with Gasteiger partial charge in [0, 0.05) is 13.0 Å². The molecule has 0 fully saturated rings. The molecular weight excluding hydrogens is 344 g/mol. The van der Waals surface area contributed by atoms with Crippen molar-refractivity contribution in [2.45, 2.75) is 19.4 Å². The predicted octanol–water partition coefficient (Wildman–Crippen LogP) is 4.08. The lowest BCUT2D eigenvalue weighted by Crippen LogP contribution is -2.38. The molecule has 3 heterocycles. The van der Waals surface area contributed by atoms with E-state index in [9.17, 15) is 4.79 Å². The number of carbonyl (C=O) groups is 1. The van der Waals surface area contributed by atoms with Gasteiger partial charge in [0.25, 0.3) is 5.91 Å². The van der Waals surface area contributed by atoms with Crippen LogP contribution in [0, 0.1) is 0 Å². The maximum absolute atomic E-state index is 12.9. The fourth-order valence-electron chi connectivity index (χ4n) is 3.05. The Bertz CT molecular complexity index is 961. The molecule has 0 radical (unpaired) electrons. The molecule has 0 unspecified atom stereocenters. The summed E-state index contributed by atoms with van der Waals surface area (Å²) in [5, 5.41) is 1.44. The Hall–Kier alpha value is -2.18. The average molecular weight is 359 g/mol. The van der Waals surface area contributed by atoms with E-state index in [1.807, 2.05) is 24.0 Å². The Morgan fingerprint density at radius 1 is 1.50 bits per heavy atom. The van der Waals surface area contributed by atoms with Crippen LogP contribution in [0.4, 0.5) is 0 Å². The quantitative estimate of drug-likeness (QED) is 0.751. The van der Waals surface area contributed by atoms with Gasteiger partial charge >= 0.3 is 0 Å². The van der Waals surface area contributed by atoms with Gasteiger partial charge in [-0.3, -0.25) is 4.79 Å². The second-order valence-corrected chi connectivity index (χ2v) is 7.18. The van der Waals surface area contributed by atoms with Gasteiger partial charge in [0.2, 0.25) is 0 Å². The van der Waals surface area contributed by atoms with E-state index < -0.39 is 0 Å². The Labute approximate surface area is 148 Å². The highest BCUT2D eigenvalue weighted by Crippen LogP contribution is 2.35. The number of benzene rings is 1. The van der Waals surface area contributed by atoms with E-state index in [1.54, 1.807) is 23.5 Å². The van der Waals surface area contributed by atoms with E-state index >= 15 is 0 Å². The number of fused-ring (bicyclic) bond motifs is 2. The van der Waals surface area contributed by atoms with Gasteiger partial charge in [0.1, 0.15) is 10.5 Å². The molecule has 4 rings (SSSR count). The maximum atomic E-state index is 12.9. The van der Waals surface area contributed by atoms with Crippen LogP contribution in [-0.2, 0) is 6.42 Å². The minimum atomic E-state index is -0.117. The van der Waals surface area contributed by atoms with Gasteiger partial charge < -0.3 is 9.88 Å². The van der Waals surface area contributed by atoms with Crippen LogP contribution in [0.2, 0.25) is 5.02 Å². The Morgan fingerprint density at radius 2 is 2.33 bits per heavy atom. The van der Waals surface area contributed by atoms with Gasteiger partial charge in [-0.05, 0) is 25.1 Å². The first-order chi connectivity index (χ1) is 11.6. The first-order valence-electron chi connectivity index (χ1n) is 7.65. The van der Waals surface area contributed by atoms with Crippen LogP contribution in [0.25, 0.3) is 17.1 Å². The zero-order valence-electron chi connectivity index (χ0n) is 13.0. The van der Waals surface area contributed by atoms with Crippen LogP contribution in [0.15, 0.2) is 24.8 Å². The van der Waals surface area contributed by atoms with Crippen LogP contribution in [0.3, 0.4) is 0 Å². The number of para-hydroxylation sites is 1. The van der Waals surface area contributed by atoms with Crippen LogP contribution in [-0.4, -0.2) is 32.3 Å². The zero-order chi connectivity index (χ0) is 16.8. The summed E-state index contributed by atoms with van der Waals surface area (Å²) in [6.07, 6.45) is 2.50. The van der Waals surface area contributed by atoms with Crippen LogP contribution < -0.4 is 0 Å². The molecule has 0 bridgehead atoms. The first-order valence-corrected chi connectivity index (χ1v) is 8.85. The van der Waals surface area contributed by atoms with E-state index in [0.717, 1.165) is 27.5 Å². The minimum Gasteiger partial charge on any atom is -0.334 e. The molecule has 1 aliphatic heterocycles. The molecular formula is C17H15ClN4OS. The third-order valence-corrected chi connectivity index (χ3v) is 5.85. The highest BCUT2D eigenvalue weighted by molar-refractivity contribution is 7.12. The lowest BCUT2D eigenvalue weighted by molar-refractivity contribution is 0.0669. The summed E-state index contributed by atoms with van der Waals surface area (Å²) in [6, 6.07) is 5.43. The minimum absolute atomic E-state index is 0.0314. The summed E-state index contributed by atoms with van der Waals surface area (Å²) >= 11 is 7.74.